The van der Waals surface area contributed by atoms with E-state index in [-0.39, 0.29) is 28.6 Å². The number of benzene rings is 1. The highest BCUT2D eigenvalue weighted by atomic mass is 32.2. The van der Waals surface area contributed by atoms with Crippen molar-refractivity contribution < 1.29 is 17.6 Å². The van der Waals surface area contributed by atoms with E-state index in [0.717, 1.165) is 12.1 Å². The van der Waals surface area contributed by atoms with Crippen molar-refractivity contribution in [2.24, 2.45) is 0 Å². The van der Waals surface area contributed by atoms with Gasteiger partial charge in [-0.2, -0.15) is 13.2 Å². The van der Waals surface area contributed by atoms with E-state index in [9.17, 15) is 17.6 Å². The van der Waals surface area contributed by atoms with Crippen LogP contribution in [0.25, 0.3) is 0 Å². The maximum atomic E-state index is 12.9. The van der Waals surface area contributed by atoms with Crippen LogP contribution in [-0.2, 0) is 6.42 Å². The van der Waals surface area contributed by atoms with Crippen LogP contribution in [-0.4, -0.2) is 5.51 Å². The Kier molecular flexibility index (Phi) is 3.42. The molecule has 0 atom stereocenters. The van der Waals surface area contributed by atoms with E-state index in [2.05, 4.69) is 6.92 Å². The van der Waals surface area contributed by atoms with Gasteiger partial charge in [0, 0.05) is 4.90 Å². The molecule has 0 saturated carbocycles. The molecule has 0 unspecified atom stereocenters. The van der Waals surface area contributed by atoms with Crippen LogP contribution in [0.15, 0.2) is 23.1 Å². The molecule has 0 aliphatic heterocycles. The molecule has 1 rings (SSSR count). The summed E-state index contributed by atoms with van der Waals surface area (Å²) in [5.41, 5.74) is -4.14. The van der Waals surface area contributed by atoms with Gasteiger partial charge >= 0.3 is 5.51 Å². The fourth-order valence-corrected chi connectivity index (χ4v) is 1.54. The van der Waals surface area contributed by atoms with Crippen molar-refractivity contribution in [3.8, 4) is 0 Å². The first-order valence-corrected chi connectivity index (χ1v) is 4.57. The van der Waals surface area contributed by atoms with Crippen molar-refractivity contribution in [2.75, 3.05) is 0 Å². The number of thioether (sulfide) groups is 1. The standard InChI is InChI=1S/C9H7F4S/c1-2-6-5-7(3-4-8(6)10)14-9(11,12)13/h3-5H,1-2H2. The highest BCUT2D eigenvalue weighted by Crippen LogP contribution is 2.37. The Morgan fingerprint density at radius 3 is 2.43 bits per heavy atom. The second-order valence-electron chi connectivity index (χ2n) is 2.55. The molecule has 1 aromatic carbocycles. The molecule has 0 saturated heterocycles. The maximum Gasteiger partial charge on any atom is 0.446 e. The summed E-state index contributed by atoms with van der Waals surface area (Å²) in [6, 6.07) is 3.29. The summed E-state index contributed by atoms with van der Waals surface area (Å²) in [5, 5.41) is 0. The summed E-state index contributed by atoms with van der Waals surface area (Å²) in [4.78, 5) is -0.0162. The molecule has 0 aromatic heterocycles. The Bertz CT molecular complexity index is 319. The molecule has 0 N–H and O–H groups in total. The van der Waals surface area contributed by atoms with Gasteiger partial charge in [-0.25, -0.2) is 4.39 Å². The molecule has 1 aromatic rings. The zero-order valence-corrected chi connectivity index (χ0v) is 7.88. The minimum Gasteiger partial charge on any atom is -0.207 e. The van der Waals surface area contributed by atoms with Crippen LogP contribution >= 0.6 is 11.8 Å². The monoisotopic (exact) mass is 223 g/mol. The lowest BCUT2D eigenvalue weighted by atomic mass is 10.2. The van der Waals surface area contributed by atoms with Gasteiger partial charge in [-0.1, -0.05) is 0 Å². The second kappa shape index (κ2) is 4.21. The zero-order valence-electron chi connectivity index (χ0n) is 7.07. The van der Waals surface area contributed by atoms with Crippen molar-refractivity contribution in [3.05, 3.63) is 36.5 Å². The third-order valence-electron chi connectivity index (χ3n) is 1.52. The summed E-state index contributed by atoms with van der Waals surface area (Å²) in [5.74, 6) is -0.522. The summed E-state index contributed by atoms with van der Waals surface area (Å²) >= 11 is -0.255. The average molecular weight is 223 g/mol. The lowest BCUT2D eigenvalue weighted by Crippen LogP contribution is -1.99. The number of hydrogen-bond acceptors (Lipinski definition) is 1. The van der Waals surface area contributed by atoms with Crippen molar-refractivity contribution in [3.63, 3.8) is 0 Å². The van der Waals surface area contributed by atoms with Gasteiger partial charge in [0.25, 0.3) is 0 Å². The molecule has 0 bridgehead atoms. The predicted molar refractivity (Wildman–Crippen MR) is 47.4 cm³/mol. The van der Waals surface area contributed by atoms with Crippen LogP contribution in [0.4, 0.5) is 17.6 Å². The van der Waals surface area contributed by atoms with E-state index in [0.29, 0.717) is 0 Å². The number of halogens is 4. The van der Waals surface area contributed by atoms with Crippen molar-refractivity contribution in [1.82, 2.24) is 0 Å². The first-order chi connectivity index (χ1) is 6.42. The normalized spacial score (nSPS) is 11.8. The quantitative estimate of drug-likeness (QED) is 0.542. The Balaban J connectivity index is 2.90. The van der Waals surface area contributed by atoms with E-state index in [4.69, 9.17) is 0 Å². The smallest absolute Gasteiger partial charge is 0.207 e. The molecule has 0 aliphatic rings. The zero-order chi connectivity index (χ0) is 10.8. The first-order valence-electron chi connectivity index (χ1n) is 3.76. The van der Waals surface area contributed by atoms with Gasteiger partial charge in [0.05, 0.1) is 0 Å². The Morgan fingerprint density at radius 1 is 1.29 bits per heavy atom. The third-order valence-corrected chi connectivity index (χ3v) is 2.24. The van der Waals surface area contributed by atoms with E-state index < -0.39 is 11.3 Å². The van der Waals surface area contributed by atoms with Gasteiger partial charge in [-0.15, -0.1) is 0 Å². The van der Waals surface area contributed by atoms with Crippen LogP contribution in [0.1, 0.15) is 5.56 Å². The minimum absolute atomic E-state index is 0.0162. The van der Waals surface area contributed by atoms with Crippen molar-refractivity contribution >= 4 is 11.8 Å². The second-order valence-corrected chi connectivity index (χ2v) is 3.69. The van der Waals surface area contributed by atoms with Gasteiger partial charge in [-0.05, 0) is 48.9 Å². The molecule has 0 amide bonds. The lowest BCUT2D eigenvalue weighted by Gasteiger charge is -2.07. The van der Waals surface area contributed by atoms with Crippen LogP contribution in [0, 0.1) is 12.7 Å². The van der Waals surface area contributed by atoms with Crippen molar-refractivity contribution in [2.45, 2.75) is 16.8 Å². The van der Waals surface area contributed by atoms with Crippen LogP contribution in [0.3, 0.4) is 0 Å². The topological polar surface area (TPSA) is 0 Å². The molecule has 14 heavy (non-hydrogen) atoms. The molecule has 0 nitrogen and oxygen atoms in total. The maximum absolute atomic E-state index is 12.9. The van der Waals surface area contributed by atoms with Gasteiger partial charge < -0.3 is 0 Å². The average Bonchev–Trinajstić information content (AvgIpc) is 2.06. The predicted octanol–water partition coefficient (Wildman–Crippen LogP) is 3.81. The molecule has 77 valence electrons. The highest BCUT2D eigenvalue weighted by Gasteiger charge is 2.29. The summed E-state index contributed by atoms with van der Waals surface area (Å²) in [6.45, 7) is 3.42. The SMILES string of the molecule is [CH2]Cc1cc(SC(F)(F)F)ccc1F. The van der Waals surface area contributed by atoms with Gasteiger partial charge in [0.15, 0.2) is 0 Å². The number of alkyl halides is 3. The lowest BCUT2D eigenvalue weighted by molar-refractivity contribution is -0.0328. The molecular weight excluding hydrogens is 216 g/mol. The highest BCUT2D eigenvalue weighted by molar-refractivity contribution is 8.00. The van der Waals surface area contributed by atoms with Gasteiger partial charge in [0.1, 0.15) is 5.82 Å². The Morgan fingerprint density at radius 2 is 1.93 bits per heavy atom. The summed E-state index contributed by atoms with van der Waals surface area (Å²) < 4.78 is 48.7. The van der Waals surface area contributed by atoms with Crippen LogP contribution < -0.4 is 0 Å². The molecule has 0 heterocycles. The molecule has 0 aliphatic carbocycles. The number of rotatable bonds is 2. The molecule has 5 heteroatoms. The van der Waals surface area contributed by atoms with E-state index in [1.54, 1.807) is 0 Å². The molecule has 0 spiro atoms. The summed E-state index contributed by atoms with van der Waals surface area (Å²) in [6.07, 6.45) is 0.137. The van der Waals surface area contributed by atoms with E-state index in [1.165, 1.54) is 6.07 Å². The summed E-state index contributed by atoms with van der Waals surface area (Å²) in [7, 11) is 0. The first kappa shape index (κ1) is 11.4. The molecular formula is C9H7F4S. The number of hydrogen-bond donors (Lipinski definition) is 0. The van der Waals surface area contributed by atoms with Crippen molar-refractivity contribution in [1.29, 1.82) is 0 Å². The van der Waals surface area contributed by atoms with E-state index in [1.807, 2.05) is 0 Å². The third kappa shape index (κ3) is 3.21. The van der Waals surface area contributed by atoms with Gasteiger partial charge in [-0.3, -0.25) is 0 Å². The minimum atomic E-state index is -4.34. The molecule has 0 fully saturated rings. The molecule has 1 radical (unpaired) electrons. The fourth-order valence-electron chi connectivity index (χ4n) is 0.940. The van der Waals surface area contributed by atoms with Crippen LogP contribution in [0.5, 0.6) is 0 Å². The van der Waals surface area contributed by atoms with Gasteiger partial charge in [0.2, 0.25) is 0 Å². The fraction of sp³-hybridized carbons (Fsp3) is 0.222. The Labute approximate surface area is 83.3 Å². The van der Waals surface area contributed by atoms with E-state index >= 15 is 0 Å². The largest absolute Gasteiger partial charge is 0.446 e. The Hall–Kier alpha value is -0.710. The van der Waals surface area contributed by atoms with Crippen LogP contribution in [0.2, 0.25) is 0 Å².